The molecule has 0 bridgehead atoms. The van der Waals surface area contributed by atoms with Crippen molar-refractivity contribution in [3.8, 4) is 5.75 Å². The molecule has 0 aliphatic heterocycles. The Morgan fingerprint density at radius 2 is 2.24 bits per heavy atom. The van der Waals surface area contributed by atoms with E-state index < -0.39 is 0 Å². The third-order valence-corrected chi connectivity index (χ3v) is 2.67. The highest BCUT2D eigenvalue weighted by Gasteiger charge is 2.09. The van der Waals surface area contributed by atoms with Crippen molar-refractivity contribution in [1.29, 1.82) is 0 Å². The smallest absolute Gasteiger partial charge is 0.227 e. The molecule has 0 fully saturated rings. The lowest BCUT2D eigenvalue weighted by Crippen LogP contribution is -2.13. The van der Waals surface area contributed by atoms with Crippen LogP contribution in [0.15, 0.2) is 22.7 Å². The van der Waals surface area contributed by atoms with E-state index in [4.69, 9.17) is 15.0 Å². The fourth-order valence-electron chi connectivity index (χ4n) is 1.65. The minimum atomic E-state index is -0.180. The number of hydrogen-bond acceptors (Lipinski definition) is 6. The van der Waals surface area contributed by atoms with Crippen LogP contribution in [0.1, 0.15) is 18.1 Å². The van der Waals surface area contributed by atoms with E-state index in [0.717, 1.165) is 0 Å². The summed E-state index contributed by atoms with van der Waals surface area (Å²) in [6, 6.07) is 5.08. The van der Waals surface area contributed by atoms with E-state index in [1.807, 2.05) is 0 Å². The molecule has 1 heterocycles. The fourth-order valence-corrected chi connectivity index (χ4v) is 1.65. The predicted molar refractivity (Wildman–Crippen MR) is 80.6 cm³/mol. The SMILES string of the molecule is COc1ccc(N)c(NC(=O)CCc2nc(C)no2)c1.Cl. The lowest BCUT2D eigenvalue weighted by atomic mass is 10.2. The summed E-state index contributed by atoms with van der Waals surface area (Å²) in [5.41, 5.74) is 6.80. The number of hydrogen-bond donors (Lipinski definition) is 2. The number of carbonyl (C=O) groups is 1. The number of aromatic nitrogens is 2. The maximum absolute atomic E-state index is 11.8. The molecule has 1 amide bonds. The van der Waals surface area contributed by atoms with Gasteiger partial charge in [0.15, 0.2) is 5.82 Å². The Morgan fingerprint density at radius 3 is 2.86 bits per heavy atom. The van der Waals surface area contributed by atoms with Crippen LogP contribution in [-0.2, 0) is 11.2 Å². The number of benzene rings is 1. The van der Waals surface area contributed by atoms with E-state index in [2.05, 4.69) is 15.5 Å². The average Bonchev–Trinajstić information content (AvgIpc) is 2.85. The Morgan fingerprint density at radius 1 is 1.48 bits per heavy atom. The molecule has 2 rings (SSSR count). The molecule has 2 aromatic rings. The average molecular weight is 313 g/mol. The van der Waals surface area contributed by atoms with Crippen LogP contribution in [0.2, 0.25) is 0 Å². The number of nitrogens with zero attached hydrogens (tertiary/aromatic N) is 2. The van der Waals surface area contributed by atoms with Gasteiger partial charge in [-0.05, 0) is 19.1 Å². The summed E-state index contributed by atoms with van der Waals surface area (Å²) in [5, 5.41) is 6.39. The van der Waals surface area contributed by atoms with Crippen LogP contribution in [0.5, 0.6) is 5.75 Å². The number of ether oxygens (including phenoxy) is 1. The Bertz CT molecular complexity index is 615. The van der Waals surface area contributed by atoms with Crippen LogP contribution in [-0.4, -0.2) is 23.2 Å². The Hall–Kier alpha value is -2.28. The summed E-state index contributed by atoms with van der Waals surface area (Å²) in [7, 11) is 1.55. The van der Waals surface area contributed by atoms with Crippen LogP contribution in [0.25, 0.3) is 0 Å². The minimum absolute atomic E-state index is 0. The molecule has 3 N–H and O–H groups in total. The van der Waals surface area contributed by atoms with E-state index in [-0.39, 0.29) is 24.7 Å². The van der Waals surface area contributed by atoms with Gasteiger partial charge in [-0.3, -0.25) is 4.79 Å². The Kier molecular flexibility index (Phi) is 5.98. The van der Waals surface area contributed by atoms with Gasteiger partial charge in [0.05, 0.1) is 18.5 Å². The molecule has 0 aliphatic carbocycles. The van der Waals surface area contributed by atoms with Crippen molar-refractivity contribution < 1.29 is 14.1 Å². The fraction of sp³-hybridized carbons (Fsp3) is 0.308. The van der Waals surface area contributed by atoms with Crippen molar-refractivity contribution in [1.82, 2.24) is 10.1 Å². The maximum Gasteiger partial charge on any atom is 0.227 e. The van der Waals surface area contributed by atoms with Crippen LogP contribution in [0.3, 0.4) is 0 Å². The number of aryl methyl sites for hydroxylation is 2. The zero-order chi connectivity index (χ0) is 14.5. The van der Waals surface area contributed by atoms with Gasteiger partial charge in [-0.1, -0.05) is 5.16 Å². The quantitative estimate of drug-likeness (QED) is 0.818. The van der Waals surface area contributed by atoms with Crippen molar-refractivity contribution in [2.75, 3.05) is 18.2 Å². The number of nitrogens with one attached hydrogen (secondary N) is 1. The molecule has 114 valence electrons. The van der Waals surface area contributed by atoms with E-state index in [1.165, 1.54) is 0 Å². The van der Waals surface area contributed by atoms with Gasteiger partial charge in [-0.15, -0.1) is 12.4 Å². The highest BCUT2D eigenvalue weighted by molar-refractivity contribution is 5.94. The molecule has 21 heavy (non-hydrogen) atoms. The number of anilines is 2. The molecule has 1 aromatic carbocycles. The minimum Gasteiger partial charge on any atom is -0.497 e. The number of nitrogens with two attached hydrogens (primary N) is 1. The van der Waals surface area contributed by atoms with Gasteiger partial charge in [0.25, 0.3) is 0 Å². The molecule has 0 saturated heterocycles. The Labute approximate surface area is 128 Å². The number of carbonyl (C=O) groups excluding carboxylic acids is 1. The van der Waals surface area contributed by atoms with E-state index in [0.29, 0.717) is 35.3 Å². The van der Waals surface area contributed by atoms with Gasteiger partial charge in [0.1, 0.15) is 5.75 Å². The number of nitrogen functional groups attached to an aromatic ring is 1. The second kappa shape index (κ2) is 7.49. The van der Waals surface area contributed by atoms with Gasteiger partial charge in [-0.2, -0.15) is 4.98 Å². The van der Waals surface area contributed by atoms with Crippen LogP contribution in [0.4, 0.5) is 11.4 Å². The maximum atomic E-state index is 11.8. The van der Waals surface area contributed by atoms with Gasteiger partial charge >= 0.3 is 0 Å². The molecule has 7 nitrogen and oxygen atoms in total. The molecular weight excluding hydrogens is 296 g/mol. The van der Waals surface area contributed by atoms with Crippen molar-refractivity contribution >= 4 is 29.7 Å². The number of methoxy groups -OCH3 is 1. The van der Waals surface area contributed by atoms with E-state index >= 15 is 0 Å². The van der Waals surface area contributed by atoms with Crippen LogP contribution < -0.4 is 15.8 Å². The highest BCUT2D eigenvalue weighted by Crippen LogP contribution is 2.24. The summed E-state index contributed by atoms with van der Waals surface area (Å²) in [6.07, 6.45) is 0.620. The van der Waals surface area contributed by atoms with Gasteiger partial charge in [-0.25, -0.2) is 0 Å². The third-order valence-electron chi connectivity index (χ3n) is 2.67. The zero-order valence-corrected chi connectivity index (χ0v) is 12.6. The first-order valence-corrected chi connectivity index (χ1v) is 6.11. The first kappa shape index (κ1) is 16.8. The normalized spacial score (nSPS) is 9.81. The van der Waals surface area contributed by atoms with E-state index in [9.17, 15) is 4.79 Å². The summed E-state index contributed by atoms with van der Waals surface area (Å²) >= 11 is 0. The second-order valence-electron chi connectivity index (χ2n) is 4.24. The van der Waals surface area contributed by atoms with Crippen molar-refractivity contribution in [2.24, 2.45) is 0 Å². The monoisotopic (exact) mass is 312 g/mol. The predicted octanol–water partition coefficient (Wildman–Crippen LogP) is 1.96. The Balaban J connectivity index is 0.00000220. The van der Waals surface area contributed by atoms with Crippen molar-refractivity contribution in [2.45, 2.75) is 19.8 Å². The molecule has 0 spiro atoms. The third kappa shape index (κ3) is 4.64. The van der Waals surface area contributed by atoms with E-state index in [1.54, 1.807) is 32.2 Å². The number of halogens is 1. The standard InChI is InChI=1S/C13H16N4O3.ClH/c1-8-15-13(20-17-8)6-5-12(18)16-11-7-9(19-2)3-4-10(11)14;/h3-4,7H,5-6,14H2,1-2H3,(H,16,18);1H. The van der Waals surface area contributed by atoms with Crippen LogP contribution in [0, 0.1) is 6.92 Å². The molecule has 0 aliphatic rings. The van der Waals surface area contributed by atoms with Gasteiger partial charge in [0.2, 0.25) is 11.8 Å². The highest BCUT2D eigenvalue weighted by atomic mass is 35.5. The van der Waals surface area contributed by atoms with Crippen LogP contribution >= 0.6 is 12.4 Å². The summed E-state index contributed by atoms with van der Waals surface area (Å²) < 4.78 is 10.0. The largest absolute Gasteiger partial charge is 0.497 e. The van der Waals surface area contributed by atoms with Gasteiger partial charge < -0.3 is 20.3 Å². The topological polar surface area (TPSA) is 103 Å². The molecule has 0 saturated carbocycles. The molecule has 0 atom stereocenters. The zero-order valence-electron chi connectivity index (χ0n) is 11.8. The lowest BCUT2D eigenvalue weighted by molar-refractivity contribution is -0.116. The summed E-state index contributed by atoms with van der Waals surface area (Å²) in [4.78, 5) is 15.9. The first-order chi connectivity index (χ1) is 9.58. The van der Waals surface area contributed by atoms with Gasteiger partial charge in [0, 0.05) is 18.9 Å². The number of amides is 1. The van der Waals surface area contributed by atoms with Crippen molar-refractivity contribution in [3.63, 3.8) is 0 Å². The summed E-state index contributed by atoms with van der Waals surface area (Å²) in [6.45, 7) is 1.73. The van der Waals surface area contributed by atoms with Crippen molar-refractivity contribution in [3.05, 3.63) is 29.9 Å². The lowest BCUT2D eigenvalue weighted by Gasteiger charge is -2.09. The molecule has 8 heteroatoms. The first-order valence-electron chi connectivity index (χ1n) is 6.11. The molecule has 0 unspecified atom stereocenters. The number of rotatable bonds is 5. The second-order valence-corrected chi connectivity index (χ2v) is 4.24. The molecular formula is C13H17ClN4O3. The molecule has 1 aromatic heterocycles. The summed E-state index contributed by atoms with van der Waals surface area (Å²) in [5.74, 6) is 1.44. The molecule has 0 radical (unpaired) electrons.